The SMILES string of the molecule is COC(C)(C)CCOc1nnc(C)c(C)c1CN. The normalized spacial score (nSPS) is 11.7. The maximum Gasteiger partial charge on any atom is 0.238 e. The number of methoxy groups -OCH3 is 1. The van der Waals surface area contributed by atoms with Gasteiger partial charge in [0.15, 0.2) is 0 Å². The quantitative estimate of drug-likeness (QED) is 0.836. The van der Waals surface area contributed by atoms with Gasteiger partial charge >= 0.3 is 0 Å². The standard InChI is InChI=1S/C13H23N3O2/c1-9-10(2)15-16-12(11(9)8-14)18-7-6-13(3,4)17-5/h6-8,14H2,1-5H3. The van der Waals surface area contributed by atoms with Crippen LogP contribution in [0.25, 0.3) is 0 Å². The summed E-state index contributed by atoms with van der Waals surface area (Å²) >= 11 is 0. The molecule has 1 rings (SSSR count). The minimum Gasteiger partial charge on any atom is -0.476 e. The third kappa shape index (κ3) is 3.65. The topological polar surface area (TPSA) is 70.3 Å². The summed E-state index contributed by atoms with van der Waals surface area (Å²) in [5.41, 5.74) is 8.40. The van der Waals surface area contributed by atoms with Crippen molar-refractivity contribution in [1.82, 2.24) is 10.2 Å². The third-order valence-corrected chi connectivity index (χ3v) is 3.24. The fourth-order valence-corrected chi connectivity index (χ4v) is 1.49. The summed E-state index contributed by atoms with van der Waals surface area (Å²) in [6, 6.07) is 0. The maximum absolute atomic E-state index is 5.73. The Morgan fingerprint density at radius 1 is 1.22 bits per heavy atom. The molecule has 0 amide bonds. The molecule has 0 saturated carbocycles. The van der Waals surface area contributed by atoms with Crippen molar-refractivity contribution in [2.45, 2.75) is 46.3 Å². The average Bonchev–Trinajstić information content (AvgIpc) is 2.34. The number of rotatable bonds is 6. The van der Waals surface area contributed by atoms with E-state index in [1.807, 2.05) is 27.7 Å². The predicted octanol–water partition coefficient (Wildman–Crippen LogP) is 1.75. The van der Waals surface area contributed by atoms with Crippen LogP contribution in [0.2, 0.25) is 0 Å². The molecule has 1 heterocycles. The number of aromatic nitrogens is 2. The van der Waals surface area contributed by atoms with Crippen molar-refractivity contribution in [2.24, 2.45) is 5.73 Å². The molecule has 0 bridgehead atoms. The van der Waals surface area contributed by atoms with E-state index in [0.717, 1.165) is 23.2 Å². The van der Waals surface area contributed by atoms with Crippen LogP contribution in [-0.4, -0.2) is 29.5 Å². The minimum atomic E-state index is -0.198. The highest BCUT2D eigenvalue weighted by atomic mass is 16.5. The second-order valence-electron chi connectivity index (χ2n) is 4.96. The van der Waals surface area contributed by atoms with Gasteiger partial charge < -0.3 is 15.2 Å². The molecule has 0 spiro atoms. The Balaban J connectivity index is 2.71. The molecule has 0 atom stereocenters. The van der Waals surface area contributed by atoms with E-state index in [1.165, 1.54) is 0 Å². The Bertz CT molecular complexity index is 405. The molecule has 0 aliphatic carbocycles. The summed E-state index contributed by atoms with van der Waals surface area (Å²) in [7, 11) is 1.70. The molecule has 0 aromatic carbocycles. The van der Waals surface area contributed by atoms with E-state index in [2.05, 4.69) is 10.2 Å². The van der Waals surface area contributed by atoms with Gasteiger partial charge in [-0.15, -0.1) is 5.10 Å². The van der Waals surface area contributed by atoms with Crippen LogP contribution in [0.15, 0.2) is 0 Å². The van der Waals surface area contributed by atoms with E-state index < -0.39 is 0 Å². The first-order chi connectivity index (χ1) is 8.41. The predicted molar refractivity (Wildman–Crippen MR) is 70.6 cm³/mol. The van der Waals surface area contributed by atoms with Gasteiger partial charge in [0.25, 0.3) is 0 Å². The van der Waals surface area contributed by atoms with E-state index in [1.54, 1.807) is 7.11 Å². The molecule has 102 valence electrons. The molecule has 18 heavy (non-hydrogen) atoms. The van der Waals surface area contributed by atoms with Gasteiger partial charge in [-0.3, -0.25) is 0 Å². The molecule has 0 fully saturated rings. The zero-order valence-corrected chi connectivity index (χ0v) is 11.9. The van der Waals surface area contributed by atoms with Gasteiger partial charge in [-0.2, -0.15) is 5.10 Å². The average molecular weight is 253 g/mol. The van der Waals surface area contributed by atoms with Gasteiger partial charge in [0.1, 0.15) is 0 Å². The van der Waals surface area contributed by atoms with Gasteiger partial charge in [0, 0.05) is 25.6 Å². The van der Waals surface area contributed by atoms with Crippen LogP contribution in [0.5, 0.6) is 5.88 Å². The molecule has 5 nitrogen and oxygen atoms in total. The number of hydrogen-bond donors (Lipinski definition) is 1. The molecule has 0 aliphatic rings. The minimum absolute atomic E-state index is 0.198. The van der Waals surface area contributed by atoms with E-state index in [9.17, 15) is 0 Å². The summed E-state index contributed by atoms with van der Waals surface area (Å²) < 4.78 is 11.0. The smallest absolute Gasteiger partial charge is 0.238 e. The van der Waals surface area contributed by atoms with Crippen LogP contribution in [0.3, 0.4) is 0 Å². The molecule has 5 heteroatoms. The van der Waals surface area contributed by atoms with Crippen LogP contribution in [0, 0.1) is 13.8 Å². The second-order valence-corrected chi connectivity index (χ2v) is 4.96. The highest BCUT2D eigenvalue weighted by molar-refractivity contribution is 5.34. The van der Waals surface area contributed by atoms with Crippen molar-refractivity contribution in [3.63, 3.8) is 0 Å². The Hall–Kier alpha value is -1.20. The van der Waals surface area contributed by atoms with Crippen molar-refractivity contribution in [1.29, 1.82) is 0 Å². The van der Waals surface area contributed by atoms with Crippen molar-refractivity contribution < 1.29 is 9.47 Å². The van der Waals surface area contributed by atoms with Gasteiger partial charge in [-0.05, 0) is 33.3 Å². The fraction of sp³-hybridized carbons (Fsp3) is 0.692. The van der Waals surface area contributed by atoms with E-state index in [4.69, 9.17) is 15.2 Å². The monoisotopic (exact) mass is 253 g/mol. The summed E-state index contributed by atoms with van der Waals surface area (Å²) in [6.45, 7) is 8.88. The van der Waals surface area contributed by atoms with Crippen molar-refractivity contribution in [2.75, 3.05) is 13.7 Å². The molecule has 0 aliphatic heterocycles. The largest absolute Gasteiger partial charge is 0.476 e. The molecule has 0 saturated heterocycles. The lowest BCUT2D eigenvalue weighted by molar-refractivity contribution is 0.00490. The van der Waals surface area contributed by atoms with Crippen LogP contribution in [-0.2, 0) is 11.3 Å². The van der Waals surface area contributed by atoms with Gasteiger partial charge in [0.2, 0.25) is 5.88 Å². The van der Waals surface area contributed by atoms with E-state index >= 15 is 0 Å². The fourth-order valence-electron chi connectivity index (χ4n) is 1.49. The Morgan fingerprint density at radius 3 is 2.44 bits per heavy atom. The number of ether oxygens (including phenoxy) is 2. The van der Waals surface area contributed by atoms with E-state index in [-0.39, 0.29) is 5.60 Å². The van der Waals surface area contributed by atoms with Crippen LogP contribution < -0.4 is 10.5 Å². The maximum atomic E-state index is 5.73. The van der Waals surface area contributed by atoms with E-state index in [0.29, 0.717) is 19.0 Å². The van der Waals surface area contributed by atoms with Crippen LogP contribution >= 0.6 is 0 Å². The first-order valence-corrected chi connectivity index (χ1v) is 6.12. The Kier molecular flexibility index (Phi) is 5.04. The molecule has 2 N–H and O–H groups in total. The number of hydrogen-bond acceptors (Lipinski definition) is 5. The van der Waals surface area contributed by atoms with Crippen molar-refractivity contribution >= 4 is 0 Å². The zero-order chi connectivity index (χ0) is 13.8. The molecule has 1 aromatic heterocycles. The molecular formula is C13H23N3O2. The van der Waals surface area contributed by atoms with Crippen molar-refractivity contribution in [3.05, 3.63) is 16.8 Å². The molecular weight excluding hydrogens is 230 g/mol. The van der Waals surface area contributed by atoms with Gasteiger partial charge in [-0.25, -0.2) is 0 Å². The first-order valence-electron chi connectivity index (χ1n) is 6.12. The third-order valence-electron chi connectivity index (χ3n) is 3.24. The number of nitrogens with zero attached hydrogens (tertiary/aromatic N) is 2. The molecule has 0 unspecified atom stereocenters. The van der Waals surface area contributed by atoms with Gasteiger partial charge in [-0.1, -0.05) is 0 Å². The zero-order valence-electron chi connectivity index (χ0n) is 11.9. The number of aryl methyl sites for hydroxylation is 1. The summed E-state index contributed by atoms with van der Waals surface area (Å²) in [5.74, 6) is 0.535. The van der Waals surface area contributed by atoms with Crippen LogP contribution in [0.4, 0.5) is 0 Å². The van der Waals surface area contributed by atoms with Gasteiger partial charge in [0.05, 0.1) is 17.9 Å². The summed E-state index contributed by atoms with van der Waals surface area (Å²) in [5, 5.41) is 8.12. The second kappa shape index (κ2) is 6.11. The molecule has 0 radical (unpaired) electrons. The van der Waals surface area contributed by atoms with Crippen molar-refractivity contribution in [3.8, 4) is 5.88 Å². The lowest BCUT2D eigenvalue weighted by Crippen LogP contribution is -2.25. The highest BCUT2D eigenvalue weighted by Gasteiger charge is 2.17. The first kappa shape index (κ1) is 14.9. The van der Waals surface area contributed by atoms with Crippen LogP contribution in [0.1, 0.15) is 37.1 Å². The lowest BCUT2D eigenvalue weighted by atomic mass is 10.1. The Labute approximate surface area is 109 Å². The number of nitrogens with two attached hydrogens (primary N) is 1. The summed E-state index contributed by atoms with van der Waals surface area (Å²) in [6.07, 6.45) is 0.780. The summed E-state index contributed by atoms with van der Waals surface area (Å²) in [4.78, 5) is 0. The Morgan fingerprint density at radius 2 is 1.89 bits per heavy atom. The highest BCUT2D eigenvalue weighted by Crippen LogP contribution is 2.21. The lowest BCUT2D eigenvalue weighted by Gasteiger charge is -2.22. The molecule has 1 aromatic rings.